The van der Waals surface area contributed by atoms with E-state index in [2.05, 4.69) is 25.7 Å². The fraction of sp³-hybridized carbons (Fsp3) is 0.529. The molecule has 0 saturated carbocycles. The van der Waals surface area contributed by atoms with Gasteiger partial charge >= 0.3 is 6.09 Å². The summed E-state index contributed by atoms with van der Waals surface area (Å²) in [5, 5.41) is 10.6. The van der Waals surface area contributed by atoms with Crippen LogP contribution in [0.2, 0.25) is 0 Å². The Labute approximate surface area is 152 Å². The SMILES string of the molecule is Cn1cc(Nc2nccc(N[C@H]3CCN(C(=O)OC(C)(C)C)C3)n2)cn1. The van der Waals surface area contributed by atoms with Crippen molar-refractivity contribution in [3.8, 4) is 0 Å². The average molecular weight is 359 g/mol. The molecule has 1 saturated heterocycles. The molecule has 1 aliphatic heterocycles. The minimum absolute atomic E-state index is 0.128. The van der Waals surface area contributed by atoms with Crippen molar-refractivity contribution in [2.45, 2.75) is 38.8 Å². The number of likely N-dealkylation sites (tertiary alicyclic amines) is 1. The summed E-state index contributed by atoms with van der Waals surface area (Å²) in [4.78, 5) is 22.6. The van der Waals surface area contributed by atoms with Gasteiger partial charge in [0, 0.05) is 38.6 Å². The van der Waals surface area contributed by atoms with Gasteiger partial charge in [-0.2, -0.15) is 10.1 Å². The van der Waals surface area contributed by atoms with Crippen LogP contribution in [-0.2, 0) is 11.8 Å². The number of nitrogens with zero attached hydrogens (tertiary/aromatic N) is 5. The summed E-state index contributed by atoms with van der Waals surface area (Å²) in [6.07, 6.45) is 5.81. The van der Waals surface area contributed by atoms with E-state index >= 15 is 0 Å². The highest BCUT2D eigenvalue weighted by Crippen LogP contribution is 2.19. The number of aryl methyl sites for hydroxylation is 1. The van der Waals surface area contributed by atoms with Crippen LogP contribution in [0.25, 0.3) is 0 Å². The Morgan fingerprint density at radius 2 is 2.19 bits per heavy atom. The number of nitrogens with one attached hydrogen (secondary N) is 2. The van der Waals surface area contributed by atoms with E-state index in [1.165, 1.54) is 0 Å². The van der Waals surface area contributed by atoms with Crippen molar-refractivity contribution in [3.05, 3.63) is 24.7 Å². The Morgan fingerprint density at radius 3 is 2.88 bits per heavy atom. The molecular weight excluding hydrogens is 334 g/mol. The maximum absolute atomic E-state index is 12.2. The number of amides is 1. The standard InChI is InChI=1S/C17H25N7O2/c1-17(2,3)26-16(25)24-8-6-12(11-24)20-14-5-7-18-15(22-14)21-13-9-19-23(4)10-13/h5,7,9-10,12H,6,8,11H2,1-4H3,(H2,18,20,21,22)/t12-/m0/s1. The molecule has 0 aliphatic carbocycles. The average Bonchev–Trinajstić information content (AvgIpc) is 3.15. The molecule has 0 aromatic carbocycles. The van der Waals surface area contributed by atoms with E-state index in [9.17, 15) is 4.79 Å². The molecule has 0 bridgehead atoms. The van der Waals surface area contributed by atoms with Crippen LogP contribution in [0, 0.1) is 0 Å². The van der Waals surface area contributed by atoms with E-state index in [1.54, 1.807) is 22.0 Å². The summed E-state index contributed by atoms with van der Waals surface area (Å²) in [6, 6.07) is 1.94. The van der Waals surface area contributed by atoms with Gasteiger partial charge in [-0.25, -0.2) is 9.78 Å². The van der Waals surface area contributed by atoms with Gasteiger partial charge in [-0.15, -0.1) is 0 Å². The Hall–Kier alpha value is -2.84. The first-order chi connectivity index (χ1) is 12.3. The van der Waals surface area contributed by atoms with Gasteiger partial charge in [0.05, 0.1) is 11.9 Å². The lowest BCUT2D eigenvalue weighted by Gasteiger charge is -2.24. The molecule has 0 spiro atoms. The highest BCUT2D eigenvalue weighted by atomic mass is 16.6. The van der Waals surface area contributed by atoms with Crippen molar-refractivity contribution in [3.63, 3.8) is 0 Å². The molecule has 9 heteroatoms. The summed E-state index contributed by atoms with van der Waals surface area (Å²) in [6.45, 7) is 6.86. The van der Waals surface area contributed by atoms with Crippen LogP contribution in [0.4, 0.5) is 22.2 Å². The van der Waals surface area contributed by atoms with Gasteiger partial charge < -0.3 is 20.3 Å². The third-order valence-electron chi connectivity index (χ3n) is 3.81. The molecule has 26 heavy (non-hydrogen) atoms. The molecule has 9 nitrogen and oxygen atoms in total. The highest BCUT2D eigenvalue weighted by Gasteiger charge is 2.29. The zero-order chi connectivity index (χ0) is 18.7. The maximum atomic E-state index is 12.2. The van der Waals surface area contributed by atoms with Gasteiger partial charge in [-0.1, -0.05) is 0 Å². The van der Waals surface area contributed by atoms with Crippen LogP contribution >= 0.6 is 0 Å². The lowest BCUT2D eigenvalue weighted by molar-refractivity contribution is 0.0293. The van der Waals surface area contributed by atoms with E-state index < -0.39 is 5.60 Å². The molecule has 0 unspecified atom stereocenters. The van der Waals surface area contributed by atoms with E-state index in [4.69, 9.17) is 4.74 Å². The smallest absolute Gasteiger partial charge is 0.410 e. The van der Waals surface area contributed by atoms with Crippen molar-refractivity contribution >= 4 is 23.5 Å². The second-order valence-corrected chi connectivity index (χ2v) is 7.35. The van der Waals surface area contributed by atoms with Crippen molar-refractivity contribution in [2.75, 3.05) is 23.7 Å². The predicted molar refractivity (Wildman–Crippen MR) is 98.4 cm³/mol. The van der Waals surface area contributed by atoms with Gasteiger partial charge in [0.15, 0.2) is 0 Å². The van der Waals surface area contributed by atoms with Crippen molar-refractivity contribution in [1.82, 2.24) is 24.6 Å². The van der Waals surface area contributed by atoms with Crippen LogP contribution in [0.15, 0.2) is 24.7 Å². The number of carbonyl (C=O) groups is 1. The summed E-state index contributed by atoms with van der Waals surface area (Å²) >= 11 is 0. The molecule has 1 fully saturated rings. The van der Waals surface area contributed by atoms with Crippen molar-refractivity contribution < 1.29 is 9.53 Å². The first-order valence-corrected chi connectivity index (χ1v) is 8.62. The van der Waals surface area contributed by atoms with Gasteiger partial charge in [-0.3, -0.25) is 4.68 Å². The minimum Gasteiger partial charge on any atom is -0.444 e. The number of rotatable bonds is 4. The summed E-state index contributed by atoms with van der Waals surface area (Å²) in [5.41, 5.74) is 0.337. The van der Waals surface area contributed by atoms with Crippen molar-refractivity contribution in [1.29, 1.82) is 0 Å². The molecule has 140 valence electrons. The molecule has 2 aromatic heterocycles. The lowest BCUT2D eigenvalue weighted by Crippen LogP contribution is -2.36. The number of carbonyl (C=O) groups excluding carboxylic acids is 1. The first-order valence-electron chi connectivity index (χ1n) is 8.62. The minimum atomic E-state index is -0.484. The number of aromatic nitrogens is 4. The van der Waals surface area contributed by atoms with E-state index in [1.807, 2.05) is 40.1 Å². The third-order valence-corrected chi connectivity index (χ3v) is 3.81. The van der Waals surface area contributed by atoms with E-state index in [-0.39, 0.29) is 12.1 Å². The second kappa shape index (κ2) is 7.19. The van der Waals surface area contributed by atoms with Gasteiger partial charge in [0.1, 0.15) is 11.4 Å². The maximum Gasteiger partial charge on any atom is 0.410 e. The predicted octanol–water partition coefficient (Wildman–Crippen LogP) is 2.38. The summed E-state index contributed by atoms with van der Waals surface area (Å²) < 4.78 is 7.13. The monoisotopic (exact) mass is 359 g/mol. The van der Waals surface area contributed by atoms with Gasteiger partial charge in [0.2, 0.25) is 5.95 Å². The fourth-order valence-electron chi connectivity index (χ4n) is 2.69. The second-order valence-electron chi connectivity index (χ2n) is 7.35. The molecule has 1 atom stereocenters. The highest BCUT2D eigenvalue weighted by molar-refractivity contribution is 5.68. The normalized spacial score (nSPS) is 17.2. The Morgan fingerprint density at radius 1 is 1.38 bits per heavy atom. The lowest BCUT2D eigenvalue weighted by atomic mass is 10.2. The molecule has 1 amide bonds. The van der Waals surface area contributed by atoms with Crippen LogP contribution in [0.5, 0.6) is 0 Å². The van der Waals surface area contributed by atoms with E-state index in [0.717, 1.165) is 12.1 Å². The third kappa shape index (κ3) is 4.84. The quantitative estimate of drug-likeness (QED) is 0.865. The Kier molecular flexibility index (Phi) is 4.97. The molecular formula is C17H25N7O2. The van der Waals surface area contributed by atoms with Crippen LogP contribution in [-0.4, -0.2) is 55.5 Å². The molecule has 3 heterocycles. The molecule has 3 rings (SSSR count). The molecule has 0 radical (unpaired) electrons. The van der Waals surface area contributed by atoms with Crippen LogP contribution in [0.3, 0.4) is 0 Å². The van der Waals surface area contributed by atoms with Crippen molar-refractivity contribution in [2.24, 2.45) is 7.05 Å². The number of hydrogen-bond donors (Lipinski definition) is 2. The fourth-order valence-corrected chi connectivity index (χ4v) is 2.69. The van der Waals surface area contributed by atoms with E-state index in [0.29, 0.717) is 24.9 Å². The summed E-state index contributed by atoms with van der Waals surface area (Å²) in [5.74, 6) is 1.20. The van der Waals surface area contributed by atoms with Gasteiger partial charge in [-0.05, 0) is 33.3 Å². The van der Waals surface area contributed by atoms with Gasteiger partial charge in [0.25, 0.3) is 0 Å². The molecule has 2 aromatic rings. The number of ether oxygens (including phenoxy) is 1. The van der Waals surface area contributed by atoms with Crippen LogP contribution in [0.1, 0.15) is 27.2 Å². The Balaban J connectivity index is 1.56. The number of anilines is 3. The number of hydrogen-bond acceptors (Lipinski definition) is 7. The molecule has 2 N–H and O–H groups in total. The molecule has 1 aliphatic rings. The summed E-state index contributed by atoms with van der Waals surface area (Å²) in [7, 11) is 1.85. The largest absolute Gasteiger partial charge is 0.444 e. The topological polar surface area (TPSA) is 97.2 Å². The Bertz CT molecular complexity index is 768. The zero-order valence-electron chi connectivity index (χ0n) is 15.6. The van der Waals surface area contributed by atoms with Crippen LogP contribution < -0.4 is 10.6 Å². The first kappa shape index (κ1) is 18.0. The zero-order valence-corrected chi connectivity index (χ0v) is 15.6.